The van der Waals surface area contributed by atoms with E-state index in [0.29, 0.717) is 28.1 Å². The van der Waals surface area contributed by atoms with Gasteiger partial charge in [-0.25, -0.2) is 0 Å². The average molecular weight is 511 g/mol. The smallest absolute Gasteiger partial charge is 0.231 e. The summed E-state index contributed by atoms with van der Waals surface area (Å²) in [7, 11) is 1.60. The summed E-state index contributed by atoms with van der Waals surface area (Å²) in [5.41, 5.74) is 2.52. The Morgan fingerprint density at radius 3 is 2.53 bits per heavy atom. The van der Waals surface area contributed by atoms with Crippen molar-refractivity contribution < 1.29 is 18.9 Å². The van der Waals surface area contributed by atoms with Crippen molar-refractivity contribution in [1.29, 1.82) is 0 Å². The third-order valence-corrected chi connectivity index (χ3v) is 6.10. The number of halogens is 3. The largest absolute Gasteiger partial charge is 0.493 e. The highest BCUT2D eigenvalue weighted by molar-refractivity contribution is 9.10. The summed E-state index contributed by atoms with van der Waals surface area (Å²) in [5.74, 6) is 2.68. The van der Waals surface area contributed by atoms with Gasteiger partial charge in [0.05, 0.1) is 7.11 Å². The number of methoxy groups -OCH3 is 1. The Morgan fingerprint density at radius 2 is 1.77 bits per heavy atom. The summed E-state index contributed by atoms with van der Waals surface area (Å²) in [6.07, 6.45) is 0. The lowest BCUT2D eigenvalue weighted by molar-refractivity contribution is 0.174. The lowest BCUT2D eigenvalue weighted by atomic mass is 10.1. The van der Waals surface area contributed by atoms with E-state index in [4.69, 9.17) is 42.1 Å². The highest BCUT2D eigenvalue weighted by atomic mass is 79.9. The number of benzene rings is 3. The second-order valence-corrected chi connectivity index (χ2v) is 8.14. The molecule has 1 aliphatic heterocycles. The highest BCUT2D eigenvalue weighted by Gasteiger charge is 2.18. The summed E-state index contributed by atoms with van der Waals surface area (Å²) < 4.78 is 23.4. The van der Waals surface area contributed by atoms with Crippen LogP contribution in [0.5, 0.6) is 23.0 Å². The maximum atomic E-state index is 6.29. The minimum Gasteiger partial charge on any atom is -0.493 e. The first-order valence-electron chi connectivity index (χ1n) is 9.11. The van der Waals surface area contributed by atoms with Crippen molar-refractivity contribution in [2.24, 2.45) is 0 Å². The van der Waals surface area contributed by atoms with Gasteiger partial charge in [0, 0.05) is 43.9 Å². The third-order valence-electron chi connectivity index (χ3n) is 4.65. The fraction of sp³-hybridized carbons (Fsp3) is 0.182. The number of hydrogen-bond acceptors (Lipinski definition) is 5. The van der Waals surface area contributed by atoms with Crippen LogP contribution in [0.2, 0.25) is 10.0 Å². The van der Waals surface area contributed by atoms with Crippen LogP contribution in [0, 0.1) is 0 Å². The van der Waals surface area contributed by atoms with Crippen LogP contribution < -0.4 is 24.3 Å². The highest BCUT2D eigenvalue weighted by Crippen LogP contribution is 2.39. The number of ether oxygens (including phenoxy) is 4. The van der Waals surface area contributed by atoms with Crippen molar-refractivity contribution in [3.63, 3.8) is 0 Å². The molecule has 0 amide bonds. The average Bonchev–Trinajstić information content (AvgIpc) is 3.21. The van der Waals surface area contributed by atoms with Gasteiger partial charge in [-0.05, 0) is 36.4 Å². The van der Waals surface area contributed by atoms with Crippen LogP contribution in [0.3, 0.4) is 0 Å². The number of hydrogen-bond donors (Lipinski definition) is 1. The Kier molecular flexibility index (Phi) is 6.46. The summed E-state index contributed by atoms with van der Waals surface area (Å²) in [6, 6.07) is 14.9. The van der Waals surface area contributed by atoms with E-state index < -0.39 is 0 Å². The molecule has 156 valence electrons. The Morgan fingerprint density at radius 1 is 1.00 bits per heavy atom. The molecule has 0 spiro atoms. The van der Waals surface area contributed by atoms with E-state index in [0.717, 1.165) is 32.8 Å². The number of nitrogens with one attached hydrogen (secondary N) is 1. The van der Waals surface area contributed by atoms with Gasteiger partial charge in [-0.3, -0.25) is 0 Å². The summed E-state index contributed by atoms with van der Waals surface area (Å²) >= 11 is 16.2. The molecule has 0 atom stereocenters. The molecule has 0 saturated heterocycles. The van der Waals surface area contributed by atoms with E-state index in [1.54, 1.807) is 25.3 Å². The van der Waals surface area contributed by atoms with Crippen molar-refractivity contribution in [3.8, 4) is 23.0 Å². The fourth-order valence-corrected chi connectivity index (χ4v) is 4.04. The first-order chi connectivity index (χ1) is 14.6. The molecule has 0 aromatic heterocycles. The lowest BCUT2D eigenvalue weighted by Crippen LogP contribution is -2.07. The molecule has 4 rings (SSSR count). The van der Waals surface area contributed by atoms with E-state index >= 15 is 0 Å². The third kappa shape index (κ3) is 4.41. The van der Waals surface area contributed by atoms with Gasteiger partial charge in [0.25, 0.3) is 0 Å². The Labute approximate surface area is 192 Å². The van der Waals surface area contributed by atoms with Crippen molar-refractivity contribution in [2.45, 2.75) is 13.2 Å². The van der Waals surface area contributed by atoms with Crippen LogP contribution in [0.15, 0.2) is 53.0 Å². The van der Waals surface area contributed by atoms with Gasteiger partial charge in [0.1, 0.15) is 6.61 Å². The zero-order valence-electron chi connectivity index (χ0n) is 16.0. The summed E-state index contributed by atoms with van der Waals surface area (Å²) in [6.45, 7) is 0.939. The minimum atomic E-state index is 0.211. The van der Waals surface area contributed by atoms with E-state index in [1.807, 2.05) is 30.3 Å². The number of anilines is 1. The van der Waals surface area contributed by atoms with E-state index in [-0.39, 0.29) is 13.4 Å². The predicted octanol–water partition coefficient (Wildman–Crippen LogP) is 6.68. The Balaban J connectivity index is 1.58. The van der Waals surface area contributed by atoms with Gasteiger partial charge in [0.2, 0.25) is 6.79 Å². The molecular weight excluding hydrogens is 493 g/mol. The molecule has 1 heterocycles. The second kappa shape index (κ2) is 9.25. The Hall–Kier alpha value is -2.28. The van der Waals surface area contributed by atoms with Crippen LogP contribution in [0.1, 0.15) is 11.1 Å². The molecule has 3 aromatic rings. The van der Waals surface area contributed by atoms with Crippen molar-refractivity contribution >= 4 is 44.8 Å². The van der Waals surface area contributed by atoms with Crippen molar-refractivity contribution in [2.75, 3.05) is 19.2 Å². The first kappa shape index (κ1) is 21.0. The van der Waals surface area contributed by atoms with Crippen LogP contribution >= 0.6 is 39.1 Å². The van der Waals surface area contributed by atoms with Gasteiger partial charge in [0.15, 0.2) is 23.0 Å². The van der Waals surface area contributed by atoms with Crippen LogP contribution in [0.4, 0.5) is 5.69 Å². The molecule has 30 heavy (non-hydrogen) atoms. The molecule has 0 saturated carbocycles. The maximum absolute atomic E-state index is 6.29. The zero-order valence-corrected chi connectivity index (χ0v) is 19.1. The van der Waals surface area contributed by atoms with Crippen molar-refractivity contribution in [1.82, 2.24) is 0 Å². The van der Waals surface area contributed by atoms with Gasteiger partial charge in [-0.15, -0.1) is 0 Å². The number of fused-ring (bicyclic) bond motifs is 1. The summed E-state index contributed by atoms with van der Waals surface area (Å²) in [5, 5.41) is 4.50. The molecule has 0 bridgehead atoms. The molecule has 1 aliphatic rings. The van der Waals surface area contributed by atoms with Crippen LogP contribution in [-0.4, -0.2) is 13.9 Å². The Bertz CT molecular complexity index is 1060. The van der Waals surface area contributed by atoms with Crippen molar-refractivity contribution in [3.05, 3.63) is 74.2 Å². The molecule has 0 unspecified atom stereocenters. The molecule has 8 heteroatoms. The van der Waals surface area contributed by atoms with E-state index in [9.17, 15) is 0 Å². The molecule has 0 fully saturated rings. The fourth-order valence-electron chi connectivity index (χ4n) is 3.08. The SMILES string of the molecule is COc1ccc(Br)c(CNc2ccc3c(c2)OCO3)c1OCc1c(Cl)cccc1Cl. The number of rotatable bonds is 7. The minimum absolute atomic E-state index is 0.211. The standard InChI is InChI=1S/C22H18BrCl2NO4/c1-27-20-8-6-16(23)14(10-26-13-5-7-19-21(9-13)30-12-29-19)22(20)28-11-15-17(24)3-2-4-18(15)25/h2-9,26H,10-12H2,1H3. The van der Waals surface area contributed by atoms with E-state index in [1.165, 1.54) is 0 Å². The topological polar surface area (TPSA) is 49.0 Å². The second-order valence-electron chi connectivity index (χ2n) is 6.47. The quantitative estimate of drug-likeness (QED) is 0.384. The molecular formula is C22H18BrCl2NO4. The van der Waals surface area contributed by atoms with Gasteiger partial charge >= 0.3 is 0 Å². The van der Waals surface area contributed by atoms with Crippen LogP contribution in [-0.2, 0) is 13.2 Å². The zero-order chi connectivity index (χ0) is 21.1. The molecule has 1 N–H and O–H groups in total. The molecule has 0 radical (unpaired) electrons. The van der Waals surface area contributed by atoms with Gasteiger partial charge in [-0.1, -0.05) is 45.2 Å². The summed E-state index contributed by atoms with van der Waals surface area (Å²) in [4.78, 5) is 0. The first-order valence-corrected chi connectivity index (χ1v) is 10.7. The molecule has 0 aliphatic carbocycles. The predicted molar refractivity (Wildman–Crippen MR) is 121 cm³/mol. The monoisotopic (exact) mass is 509 g/mol. The lowest BCUT2D eigenvalue weighted by Gasteiger charge is -2.18. The maximum Gasteiger partial charge on any atom is 0.231 e. The van der Waals surface area contributed by atoms with Gasteiger partial charge in [-0.2, -0.15) is 0 Å². The van der Waals surface area contributed by atoms with E-state index in [2.05, 4.69) is 21.2 Å². The normalized spacial score (nSPS) is 12.0. The van der Waals surface area contributed by atoms with Gasteiger partial charge < -0.3 is 24.3 Å². The molecule has 3 aromatic carbocycles. The van der Waals surface area contributed by atoms with Crippen LogP contribution in [0.25, 0.3) is 0 Å². The molecule has 5 nitrogen and oxygen atoms in total.